The monoisotopic (exact) mass is 227 g/mol. The molecule has 0 bridgehead atoms. The largest absolute Gasteiger partial charge is 0.504 e. The fourth-order valence-electron chi connectivity index (χ4n) is 1.19. The summed E-state index contributed by atoms with van der Waals surface area (Å²) >= 11 is 0. The van der Waals surface area contributed by atoms with Gasteiger partial charge < -0.3 is 20.2 Å². The second-order valence-electron chi connectivity index (χ2n) is 3.26. The first kappa shape index (κ1) is 14.6. The maximum Gasteiger partial charge on any atom is 0.200 e. The first-order valence-corrected chi connectivity index (χ1v) is 5.48. The third-order valence-electron chi connectivity index (χ3n) is 2.34. The number of hydrogen-bond donors (Lipinski definition) is 3. The summed E-state index contributed by atoms with van der Waals surface area (Å²) in [4.78, 5) is 2.38. The molecule has 0 aliphatic carbocycles. The molecule has 0 fully saturated rings. The van der Waals surface area contributed by atoms with Crippen molar-refractivity contribution < 1.29 is 15.3 Å². The van der Waals surface area contributed by atoms with Gasteiger partial charge in [0, 0.05) is 0 Å². The van der Waals surface area contributed by atoms with E-state index in [9.17, 15) is 0 Å². The van der Waals surface area contributed by atoms with Gasteiger partial charge >= 0.3 is 0 Å². The van der Waals surface area contributed by atoms with Crippen LogP contribution in [0.15, 0.2) is 18.2 Å². The summed E-state index contributed by atoms with van der Waals surface area (Å²) in [5.74, 6) is -1.09. The lowest BCUT2D eigenvalue weighted by Gasteiger charge is -2.13. The Morgan fingerprint density at radius 1 is 0.875 bits per heavy atom. The summed E-state index contributed by atoms with van der Waals surface area (Å²) in [5.41, 5.74) is 0. The van der Waals surface area contributed by atoms with Crippen LogP contribution in [0.3, 0.4) is 0 Å². The average Bonchev–Trinajstić information content (AvgIpc) is 2.29. The Labute approximate surface area is 96.8 Å². The Morgan fingerprint density at radius 3 is 1.44 bits per heavy atom. The molecule has 3 N–H and O–H groups in total. The molecule has 0 saturated carbocycles. The maximum absolute atomic E-state index is 8.71. The molecule has 1 aromatic rings. The fraction of sp³-hybridized carbons (Fsp3) is 0.500. The van der Waals surface area contributed by atoms with Crippen LogP contribution in [0, 0.1) is 0 Å². The minimum atomic E-state index is -0.475. The van der Waals surface area contributed by atoms with E-state index in [2.05, 4.69) is 25.7 Å². The predicted molar refractivity (Wildman–Crippen MR) is 64.9 cm³/mol. The van der Waals surface area contributed by atoms with Gasteiger partial charge in [0.2, 0.25) is 0 Å². The van der Waals surface area contributed by atoms with Crippen LogP contribution in [0.25, 0.3) is 0 Å². The van der Waals surface area contributed by atoms with Gasteiger partial charge in [-0.1, -0.05) is 26.8 Å². The number of phenols is 3. The van der Waals surface area contributed by atoms with Crippen LogP contribution in [0.4, 0.5) is 0 Å². The van der Waals surface area contributed by atoms with E-state index in [1.807, 2.05) is 0 Å². The van der Waals surface area contributed by atoms with Crippen LogP contribution in [0.5, 0.6) is 17.2 Å². The molecular formula is C12H21NO3. The van der Waals surface area contributed by atoms with E-state index < -0.39 is 5.75 Å². The number of aromatic hydroxyl groups is 3. The van der Waals surface area contributed by atoms with Crippen LogP contribution >= 0.6 is 0 Å². The highest BCUT2D eigenvalue weighted by molar-refractivity contribution is 5.47. The molecule has 1 rings (SSSR count). The molecule has 0 atom stereocenters. The highest BCUT2D eigenvalue weighted by atomic mass is 16.3. The van der Waals surface area contributed by atoms with Gasteiger partial charge in [-0.15, -0.1) is 0 Å². The first-order valence-electron chi connectivity index (χ1n) is 5.48. The summed E-state index contributed by atoms with van der Waals surface area (Å²) in [6, 6.07) is 4.01. The van der Waals surface area contributed by atoms with E-state index in [0.717, 1.165) is 0 Å². The van der Waals surface area contributed by atoms with E-state index in [-0.39, 0.29) is 11.5 Å². The number of nitrogens with zero attached hydrogens (tertiary/aromatic N) is 1. The van der Waals surface area contributed by atoms with Gasteiger partial charge in [-0.2, -0.15) is 0 Å². The van der Waals surface area contributed by atoms with Gasteiger partial charge in [0.05, 0.1) is 0 Å². The topological polar surface area (TPSA) is 63.9 Å². The van der Waals surface area contributed by atoms with Crippen molar-refractivity contribution in [1.29, 1.82) is 0 Å². The molecule has 0 radical (unpaired) electrons. The first-order chi connectivity index (χ1) is 7.56. The highest BCUT2D eigenvalue weighted by Gasteiger charge is 2.00. The third kappa shape index (κ3) is 4.89. The lowest BCUT2D eigenvalue weighted by molar-refractivity contribution is 0.321. The van der Waals surface area contributed by atoms with Crippen molar-refractivity contribution in [2.45, 2.75) is 20.8 Å². The zero-order chi connectivity index (χ0) is 12.6. The van der Waals surface area contributed by atoms with Crippen LogP contribution < -0.4 is 0 Å². The number of phenolic OH excluding ortho intramolecular Hbond substituents is 3. The average molecular weight is 227 g/mol. The van der Waals surface area contributed by atoms with E-state index in [4.69, 9.17) is 15.3 Å². The van der Waals surface area contributed by atoms with Crippen molar-refractivity contribution in [2.75, 3.05) is 19.6 Å². The Balaban J connectivity index is 0.000000293. The molecule has 0 unspecified atom stereocenters. The van der Waals surface area contributed by atoms with Crippen molar-refractivity contribution in [2.24, 2.45) is 0 Å². The molecule has 92 valence electrons. The van der Waals surface area contributed by atoms with Gasteiger partial charge in [-0.3, -0.25) is 0 Å². The van der Waals surface area contributed by atoms with Crippen LogP contribution in [-0.2, 0) is 0 Å². The molecular weight excluding hydrogens is 206 g/mol. The van der Waals surface area contributed by atoms with Crippen LogP contribution in [-0.4, -0.2) is 39.9 Å². The summed E-state index contributed by atoms with van der Waals surface area (Å²) in [5, 5.41) is 26.1. The molecule has 4 nitrogen and oxygen atoms in total. The van der Waals surface area contributed by atoms with Gasteiger partial charge in [-0.05, 0) is 31.8 Å². The molecule has 16 heavy (non-hydrogen) atoms. The van der Waals surface area contributed by atoms with E-state index >= 15 is 0 Å². The molecule has 0 saturated heterocycles. The zero-order valence-corrected chi connectivity index (χ0v) is 10.1. The lowest BCUT2D eigenvalue weighted by atomic mass is 10.3. The summed E-state index contributed by atoms with van der Waals surface area (Å²) in [6.45, 7) is 10.1. The number of rotatable bonds is 3. The molecule has 4 heteroatoms. The van der Waals surface area contributed by atoms with Gasteiger partial charge in [0.1, 0.15) is 0 Å². The highest BCUT2D eigenvalue weighted by Crippen LogP contribution is 2.32. The van der Waals surface area contributed by atoms with Crippen molar-refractivity contribution >= 4 is 0 Å². The molecule has 0 heterocycles. The zero-order valence-electron chi connectivity index (χ0n) is 10.1. The minimum absolute atomic E-state index is 0.310. The van der Waals surface area contributed by atoms with E-state index in [1.54, 1.807) is 0 Å². The summed E-state index contributed by atoms with van der Waals surface area (Å²) in [6.07, 6.45) is 0. The normalized spacial score (nSPS) is 9.75. The van der Waals surface area contributed by atoms with Crippen molar-refractivity contribution in [3.63, 3.8) is 0 Å². The molecule has 0 aliphatic rings. The van der Waals surface area contributed by atoms with Crippen molar-refractivity contribution in [3.8, 4) is 17.2 Å². The van der Waals surface area contributed by atoms with E-state index in [0.29, 0.717) is 0 Å². The molecule has 0 amide bonds. The third-order valence-corrected chi connectivity index (χ3v) is 2.34. The molecule has 1 aromatic carbocycles. The second-order valence-corrected chi connectivity index (χ2v) is 3.26. The Bertz CT molecular complexity index is 273. The Kier molecular flexibility index (Phi) is 7.12. The van der Waals surface area contributed by atoms with Gasteiger partial charge in [0.15, 0.2) is 17.2 Å². The van der Waals surface area contributed by atoms with E-state index in [1.165, 1.54) is 37.8 Å². The van der Waals surface area contributed by atoms with Crippen LogP contribution in [0.2, 0.25) is 0 Å². The lowest BCUT2D eigenvalue weighted by Crippen LogP contribution is -2.21. The van der Waals surface area contributed by atoms with Gasteiger partial charge in [0.25, 0.3) is 0 Å². The Morgan fingerprint density at radius 2 is 1.25 bits per heavy atom. The smallest absolute Gasteiger partial charge is 0.200 e. The Hall–Kier alpha value is -1.42. The maximum atomic E-state index is 8.71. The van der Waals surface area contributed by atoms with Crippen LogP contribution in [0.1, 0.15) is 20.8 Å². The minimum Gasteiger partial charge on any atom is -0.504 e. The number of hydrogen-bond acceptors (Lipinski definition) is 4. The quantitative estimate of drug-likeness (QED) is 0.692. The standard InChI is InChI=1S/C6H15N.C6H6O3/c1-4-7(5-2)6-3;7-4-2-1-3-5(8)6(4)9/h4-6H2,1-3H3;1-3,7-9H. The summed E-state index contributed by atoms with van der Waals surface area (Å²) < 4.78 is 0. The van der Waals surface area contributed by atoms with Crippen molar-refractivity contribution in [3.05, 3.63) is 18.2 Å². The number of para-hydroxylation sites is 1. The second kappa shape index (κ2) is 7.82. The summed E-state index contributed by atoms with van der Waals surface area (Å²) in [7, 11) is 0. The predicted octanol–water partition coefficient (Wildman–Crippen LogP) is 2.15. The molecule has 0 aliphatic heterocycles. The SMILES string of the molecule is CCN(CC)CC.Oc1cccc(O)c1O. The number of benzene rings is 1. The van der Waals surface area contributed by atoms with Crippen molar-refractivity contribution in [1.82, 2.24) is 4.90 Å². The molecule has 0 aromatic heterocycles. The fourth-order valence-corrected chi connectivity index (χ4v) is 1.19. The van der Waals surface area contributed by atoms with Gasteiger partial charge in [-0.25, -0.2) is 0 Å². The molecule has 0 spiro atoms.